The van der Waals surface area contributed by atoms with Gasteiger partial charge < -0.3 is 20.5 Å². The predicted molar refractivity (Wildman–Crippen MR) is 122 cm³/mol. The molecule has 2 aromatic carbocycles. The summed E-state index contributed by atoms with van der Waals surface area (Å²) in [6.45, 7) is 2.38. The average molecular weight is 492 g/mol. The van der Waals surface area contributed by atoms with Crippen molar-refractivity contribution in [1.29, 1.82) is 0 Å². The quantitative estimate of drug-likeness (QED) is 0.479. The topological polar surface area (TPSA) is 105 Å². The van der Waals surface area contributed by atoms with Gasteiger partial charge in [0.15, 0.2) is 0 Å². The van der Waals surface area contributed by atoms with Gasteiger partial charge in [-0.1, -0.05) is 55.5 Å². The lowest BCUT2D eigenvalue weighted by atomic mass is 9.98. The number of alkyl halides is 3. The van der Waals surface area contributed by atoms with E-state index < -0.39 is 29.7 Å². The maximum atomic E-state index is 13.0. The number of rotatable bonds is 9. The molecule has 35 heavy (non-hydrogen) atoms. The van der Waals surface area contributed by atoms with Crippen LogP contribution in [0.4, 0.5) is 18.0 Å². The molecule has 0 saturated heterocycles. The molecule has 0 saturated carbocycles. The predicted octanol–water partition coefficient (Wildman–Crippen LogP) is 4.46. The number of hydrogen-bond acceptors (Lipinski definition) is 4. The molecule has 0 radical (unpaired) electrons. The van der Waals surface area contributed by atoms with Crippen molar-refractivity contribution in [3.63, 3.8) is 0 Å². The zero-order valence-electron chi connectivity index (χ0n) is 19.3. The summed E-state index contributed by atoms with van der Waals surface area (Å²) in [5.41, 5.74) is 0.996. The molecule has 188 valence electrons. The van der Waals surface area contributed by atoms with Crippen LogP contribution in [0.25, 0.3) is 11.1 Å². The fourth-order valence-corrected chi connectivity index (χ4v) is 3.97. The molecule has 0 spiro atoms. The minimum absolute atomic E-state index is 0.0913. The van der Waals surface area contributed by atoms with Crippen molar-refractivity contribution in [2.45, 2.75) is 44.3 Å². The lowest BCUT2D eigenvalue weighted by Gasteiger charge is -2.28. The first-order valence-corrected chi connectivity index (χ1v) is 11.1. The summed E-state index contributed by atoms with van der Waals surface area (Å²) in [5, 5.41) is 13.0. The van der Waals surface area contributed by atoms with Crippen molar-refractivity contribution >= 4 is 18.0 Å². The molecular formula is C25H27F3N2O5. The van der Waals surface area contributed by atoms with E-state index in [9.17, 15) is 27.6 Å². The molecule has 2 amide bonds. The Hall–Kier alpha value is -3.56. The largest absolute Gasteiger partial charge is 0.479 e. The van der Waals surface area contributed by atoms with Crippen molar-refractivity contribution in [2.24, 2.45) is 5.92 Å². The number of halogens is 3. The van der Waals surface area contributed by atoms with E-state index in [1.807, 2.05) is 48.5 Å². The number of carboxylic acids is 1. The molecule has 10 heteroatoms. The summed E-state index contributed by atoms with van der Waals surface area (Å²) in [4.78, 5) is 35.2. The first-order valence-electron chi connectivity index (χ1n) is 11.1. The lowest BCUT2D eigenvalue weighted by molar-refractivity contribution is -0.207. The average Bonchev–Trinajstić information content (AvgIpc) is 3.13. The molecular weight excluding hydrogens is 465 g/mol. The van der Waals surface area contributed by atoms with Crippen molar-refractivity contribution in [3.8, 4) is 11.1 Å². The Morgan fingerprint density at radius 1 is 1.03 bits per heavy atom. The number of aliphatic carboxylic acids is 1. The van der Waals surface area contributed by atoms with Gasteiger partial charge in [0.25, 0.3) is 0 Å². The lowest BCUT2D eigenvalue weighted by Crippen LogP contribution is -2.61. The van der Waals surface area contributed by atoms with Gasteiger partial charge in [-0.15, -0.1) is 0 Å². The van der Waals surface area contributed by atoms with E-state index in [0.29, 0.717) is 6.92 Å². The van der Waals surface area contributed by atoms with Crippen LogP contribution in [0.15, 0.2) is 48.5 Å². The monoisotopic (exact) mass is 492 g/mol. The second-order valence-electron chi connectivity index (χ2n) is 8.83. The standard InChI is InChI=1S/C25H27F3N2O5/c1-15(11-12-21(31)30-24(2,22(32)33)25(26,27)28)13-29-23(34)35-14-20-18-9-5-3-7-16(18)17-8-4-6-10-19(17)20/h3-10,15,20H,11-14H2,1-2H3,(H,29,34)(H,30,31)(H,32,33). The Balaban J connectivity index is 1.45. The number of carbonyl (C=O) groups excluding carboxylic acids is 2. The van der Waals surface area contributed by atoms with E-state index >= 15 is 0 Å². The Labute approximate surface area is 200 Å². The highest BCUT2D eigenvalue weighted by Gasteiger charge is 2.58. The van der Waals surface area contributed by atoms with Crippen molar-refractivity contribution in [3.05, 3.63) is 59.7 Å². The molecule has 3 N–H and O–H groups in total. The van der Waals surface area contributed by atoms with Crippen LogP contribution in [-0.2, 0) is 14.3 Å². The minimum atomic E-state index is -5.15. The van der Waals surface area contributed by atoms with Gasteiger partial charge in [-0.3, -0.25) is 4.79 Å². The number of hydrogen-bond donors (Lipinski definition) is 3. The van der Waals surface area contributed by atoms with Gasteiger partial charge in [-0.2, -0.15) is 13.2 Å². The SMILES string of the molecule is CC(CCC(=O)NC(C)(C(=O)O)C(F)(F)F)CNC(=O)OCC1c2ccccc2-c2ccccc21. The molecule has 7 nitrogen and oxygen atoms in total. The molecule has 3 rings (SSSR count). The number of benzene rings is 2. The molecule has 0 bridgehead atoms. The van der Waals surface area contributed by atoms with Crippen LogP contribution < -0.4 is 10.6 Å². The summed E-state index contributed by atoms with van der Waals surface area (Å²) in [6.07, 6.45) is -5.97. The smallest absolute Gasteiger partial charge is 0.422 e. The van der Waals surface area contributed by atoms with Gasteiger partial charge in [0, 0.05) is 18.9 Å². The van der Waals surface area contributed by atoms with Gasteiger partial charge in [-0.05, 0) is 41.5 Å². The van der Waals surface area contributed by atoms with Crippen molar-refractivity contribution < 1.29 is 37.4 Å². The Morgan fingerprint density at radius 3 is 2.09 bits per heavy atom. The molecule has 2 unspecified atom stereocenters. The second kappa shape index (κ2) is 10.4. The van der Waals surface area contributed by atoms with E-state index in [1.165, 1.54) is 0 Å². The molecule has 0 aliphatic heterocycles. The number of carboxylic acid groups (broad SMARTS) is 1. The van der Waals surface area contributed by atoms with E-state index in [0.717, 1.165) is 22.3 Å². The molecule has 1 aliphatic rings. The summed E-state index contributed by atoms with van der Waals surface area (Å²) in [6, 6.07) is 15.8. The van der Waals surface area contributed by atoms with Crippen LogP contribution in [0.3, 0.4) is 0 Å². The fraction of sp³-hybridized carbons (Fsp3) is 0.400. The van der Waals surface area contributed by atoms with Crippen molar-refractivity contribution in [1.82, 2.24) is 10.6 Å². The highest BCUT2D eigenvalue weighted by atomic mass is 19.4. The summed E-state index contributed by atoms with van der Waals surface area (Å²) < 4.78 is 44.5. The molecule has 0 fully saturated rings. The van der Waals surface area contributed by atoms with Gasteiger partial charge in [0.1, 0.15) is 6.61 Å². The number of alkyl carbamates (subject to hydrolysis) is 1. The van der Waals surface area contributed by atoms with E-state index in [-0.39, 0.29) is 37.8 Å². The fourth-order valence-electron chi connectivity index (χ4n) is 3.97. The number of nitrogens with one attached hydrogen (secondary N) is 2. The first-order chi connectivity index (χ1) is 16.4. The van der Waals surface area contributed by atoms with Gasteiger partial charge in [0.05, 0.1) is 0 Å². The third kappa shape index (κ3) is 5.75. The molecule has 0 heterocycles. The van der Waals surface area contributed by atoms with Gasteiger partial charge in [-0.25, -0.2) is 9.59 Å². The second-order valence-corrected chi connectivity index (χ2v) is 8.83. The van der Waals surface area contributed by atoms with Gasteiger partial charge in [0.2, 0.25) is 11.4 Å². The Morgan fingerprint density at radius 2 is 1.57 bits per heavy atom. The van der Waals surface area contributed by atoms with Crippen LogP contribution in [0.5, 0.6) is 0 Å². The van der Waals surface area contributed by atoms with Crippen LogP contribution in [-0.4, -0.2) is 47.9 Å². The summed E-state index contributed by atoms with van der Waals surface area (Å²) >= 11 is 0. The summed E-state index contributed by atoms with van der Waals surface area (Å²) in [5.74, 6) is -3.59. The third-order valence-electron chi connectivity index (χ3n) is 6.19. The Kier molecular flexibility index (Phi) is 7.72. The zero-order chi connectivity index (χ0) is 25.8. The van der Waals surface area contributed by atoms with E-state index in [2.05, 4.69) is 5.32 Å². The van der Waals surface area contributed by atoms with E-state index in [4.69, 9.17) is 9.84 Å². The van der Waals surface area contributed by atoms with Gasteiger partial charge >= 0.3 is 18.2 Å². The number of carbonyl (C=O) groups is 3. The van der Waals surface area contributed by atoms with Crippen molar-refractivity contribution in [2.75, 3.05) is 13.2 Å². The maximum Gasteiger partial charge on any atom is 0.422 e. The van der Waals surface area contributed by atoms with Crippen LogP contribution in [0.1, 0.15) is 43.7 Å². The summed E-state index contributed by atoms with van der Waals surface area (Å²) in [7, 11) is 0. The molecule has 2 aromatic rings. The first kappa shape index (κ1) is 26.1. The normalized spacial score (nSPS) is 15.3. The van der Waals surface area contributed by atoms with Crippen LogP contribution >= 0.6 is 0 Å². The number of amides is 2. The number of ether oxygens (including phenoxy) is 1. The molecule has 2 atom stereocenters. The highest BCUT2D eigenvalue weighted by Crippen LogP contribution is 2.44. The Bertz CT molecular complexity index is 1060. The van der Waals surface area contributed by atoms with Crippen LogP contribution in [0, 0.1) is 5.92 Å². The minimum Gasteiger partial charge on any atom is -0.479 e. The maximum absolute atomic E-state index is 13.0. The molecule has 0 aromatic heterocycles. The van der Waals surface area contributed by atoms with Crippen LogP contribution in [0.2, 0.25) is 0 Å². The molecule has 1 aliphatic carbocycles. The number of fused-ring (bicyclic) bond motifs is 3. The highest BCUT2D eigenvalue weighted by molar-refractivity contribution is 5.87. The third-order valence-corrected chi connectivity index (χ3v) is 6.19. The zero-order valence-corrected chi connectivity index (χ0v) is 19.3. The van der Waals surface area contributed by atoms with E-state index in [1.54, 1.807) is 12.2 Å².